The summed E-state index contributed by atoms with van der Waals surface area (Å²) in [6, 6.07) is 7.25. The highest BCUT2D eigenvalue weighted by molar-refractivity contribution is 5.93. The molecule has 2 aromatic heterocycles. The molecule has 8 nitrogen and oxygen atoms in total. The average Bonchev–Trinajstić information content (AvgIpc) is 3.01. The topological polar surface area (TPSA) is 98.0 Å². The summed E-state index contributed by atoms with van der Waals surface area (Å²) in [5.41, 5.74) is 2.68. The fourth-order valence-corrected chi connectivity index (χ4v) is 3.51. The molecule has 0 bridgehead atoms. The lowest BCUT2D eigenvalue weighted by atomic mass is 9.95. The number of carbonyl (C=O) groups is 1. The Balaban J connectivity index is 1.56. The summed E-state index contributed by atoms with van der Waals surface area (Å²) in [6.07, 6.45) is 4.79. The van der Waals surface area contributed by atoms with Crippen LogP contribution in [-0.2, 0) is 6.42 Å². The van der Waals surface area contributed by atoms with E-state index in [1.807, 2.05) is 18.2 Å². The molecule has 0 aliphatic carbocycles. The lowest BCUT2D eigenvalue weighted by molar-refractivity contribution is 0.0920. The van der Waals surface area contributed by atoms with Gasteiger partial charge < -0.3 is 19.9 Å². The molecule has 0 fully saturated rings. The van der Waals surface area contributed by atoms with Gasteiger partial charge in [0.2, 0.25) is 0 Å². The van der Waals surface area contributed by atoms with Crippen molar-refractivity contribution in [3.05, 3.63) is 53.5 Å². The zero-order valence-corrected chi connectivity index (χ0v) is 17.2. The molecule has 158 valence electrons. The van der Waals surface area contributed by atoms with Crippen LogP contribution in [0.1, 0.15) is 47.9 Å². The number of benzene rings is 1. The van der Waals surface area contributed by atoms with Crippen LogP contribution in [0.25, 0.3) is 5.65 Å². The normalized spacial score (nSPS) is 14.5. The fraction of sp³-hybridized carbons (Fsp3) is 0.409. The largest absolute Gasteiger partial charge is 0.490 e. The number of nitrogens with zero attached hydrogens (tertiary/aromatic N) is 3. The van der Waals surface area contributed by atoms with Gasteiger partial charge in [-0.1, -0.05) is 19.9 Å². The summed E-state index contributed by atoms with van der Waals surface area (Å²) in [4.78, 5) is 17.3. The van der Waals surface area contributed by atoms with E-state index in [9.17, 15) is 4.79 Å². The van der Waals surface area contributed by atoms with Crippen molar-refractivity contribution in [2.45, 2.75) is 32.7 Å². The summed E-state index contributed by atoms with van der Waals surface area (Å²) in [6.45, 7) is 5.40. The number of hydrogen-bond acceptors (Lipinski definition) is 6. The Kier molecular flexibility index (Phi) is 5.85. The summed E-state index contributed by atoms with van der Waals surface area (Å²) in [5, 5.41) is 16.5. The van der Waals surface area contributed by atoms with Gasteiger partial charge in [0.25, 0.3) is 5.91 Å². The van der Waals surface area contributed by atoms with Crippen molar-refractivity contribution in [3.8, 4) is 11.5 Å². The van der Waals surface area contributed by atoms with Crippen molar-refractivity contribution in [3.63, 3.8) is 0 Å². The van der Waals surface area contributed by atoms with Gasteiger partial charge >= 0.3 is 0 Å². The number of hydrogen-bond donors (Lipinski definition) is 2. The molecule has 0 unspecified atom stereocenters. The van der Waals surface area contributed by atoms with Crippen molar-refractivity contribution in [2.24, 2.45) is 5.92 Å². The Hall–Kier alpha value is -3.13. The van der Waals surface area contributed by atoms with E-state index in [0.29, 0.717) is 36.7 Å². The standard InChI is InChI=1S/C22H26N4O4/c1-14(2)21(16-4-5-18-19(10-16)30-9-3-8-29-18)24-22(28)17-11-20-23-12-15(6-7-27)13-26(20)25-17/h4-5,10-14,21,27H,3,6-9H2,1-2H3,(H,24,28)/t21-/m0/s1. The molecule has 1 aliphatic heterocycles. The first-order valence-corrected chi connectivity index (χ1v) is 10.2. The van der Waals surface area contributed by atoms with Gasteiger partial charge in [-0.05, 0) is 35.6 Å². The average molecular weight is 410 g/mol. The summed E-state index contributed by atoms with van der Waals surface area (Å²) < 4.78 is 13.1. The minimum Gasteiger partial charge on any atom is -0.490 e. The van der Waals surface area contributed by atoms with Crippen LogP contribution in [-0.4, -0.2) is 45.4 Å². The Morgan fingerprint density at radius 2 is 2.03 bits per heavy atom. The second kappa shape index (κ2) is 8.71. The van der Waals surface area contributed by atoms with E-state index in [2.05, 4.69) is 29.2 Å². The van der Waals surface area contributed by atoms with Gasteiger partial charge in [-0.2, -0.15) is 5.10 Å². The molecule has 1 aromatic carbocycles. The molecule has 30 heavy (non-hydrogen) atoms. The third kappa shape index (κ3) is 4.23. The molecule has 8 heteroatoms. The van der Waals surface area contributed by atoms with Crippen molar-refractivity contribution in [2.75, 3.05) is 19.8 Å². The molecule has 0 saturated carbocycles. The number of rotatable bonds is 6. The number of fused-ring (bicyclic) bond motifs is 2. The quantitative estimate of drug-likeness (QED) is 0.648. The molecule has 0 saturated heterocycles. The summed E-state index contributed by atoms with van der Waals surface area (Å²) >= 11 is 0. The molecule has 1 aliphatic rings. The number of ether oxygens (including phenoxy) is 2. The van der Waals surface area contributed by atoms with Crippen LogP contribution in [0.4, 0.5) is 0 Å². The molecular formula is C22H26N4O4. The predicted octanol–water partition coefficient (Wildman–Crippen LogP) is 2.55. The van der Waals surface area contributed by atoms with Crippen molar-refractivity contribution in [1.29, 1.82) is 0 Å². The van der Waals surface area contributed by atoms with E-state index in [4.69, 9.17) is 14.6 Å². The molecule has 0 spiro atoms. The zero-order valence-electron chi connectivity index (χ0n) is 17.2. The smallest absolute Gasteiger partial charge is 0.272 e. The first kappa shape index (κ1) is 20.2. The Bertz CT molecular complexity index is 1050. The molecule has 3 aromatic rings. The molecule has 1 amide bonds. The van der Waals surface area contributed by atoms with Gasteiger partial charge in [-0.25, -0.2) is 9.50 Å². The van der Waals surface area contributed by atoms with Crippen LogP contribution in [0.15, 0.2) is 36.7 Å². The van der Waals surface area contributed by atoms with E-state index in [0.717, 1.165) is 23.3 Å². The van der Waals surface area contributed by atoms with Crippen molar-refractivity contribution < 1.29 is 19.4 Å². The number of aliphatic hydroxyl groups is 1. The highest BCUT2D eigenvalue weighted by Crippen LogP contribution is 2.34. The van der Waals surface area contributed by atoms with E-state index in [-0.39, 0.29) is 24.5 Å². The molecule has 4 rings (SSSR count). The number of amides is 1. The summed E-state index contributed by atoms with van der Waals surface area (Å²) in [7, 11) is 0. The van der Waals surface area contributed by atoms with Crippen LogP contribution in [0, 0.1) is 5.92 Å². The number of aliphatic hydroxyl groups excluding tert-OH is 1. The van der Waals surface area contributed by atoms with Crippen molar-refractivity contribution in [1.82, 2.24) is 19.9 Å². The zero-order chi connectivity index (χ0) is 21.1. The van der Waals surface area contributed by atoms with Crippen LogP contribution in [0.5, 0.6) is 11.5 Å². The third-order valence-corrected chi connectivity index (χ3v) is 5.08. The van der Waals surface area contributed by atoms with Gasteiger partial charge in [-0.3, -0.25) is 4.79 Å². The lowest BCUT2D eigenvalue weighted by Gasteiger charge is -2.23. The highest BCUT2D eigenvalue weighted by Gasteiger charge is 2.23. The maximum atomic E-state index is 12.9. The van der Waals surface area contributed by atoms with Gasteiger partial charge in [0.1, 0.15) is 0 Å². The second-order valence-electron chi connectivity index (χ2n) is 7.72. The maximum absolute atomic E-state index is 12.9. The second-order valence-corrected chi connectivity index (χ2v) is 7.72. The third-order valence-electron chi connectivity index (χ3n) is 5.08. The first-order valence-electron chi connectivity index (χ1n) is 10.2. The van der Waals surface area contributed by atoms with Crippen LogP contribution in [0.2, 0.25) is 0 Å². The van der Waals surface area contributed by atoms with E-state index >= 15 is 0 Å². The minimum absolute atomic E-state index is 0.0351. The first-order chi connectivity index (χ1) is 14.5. The van der Waals surface area contributed by atoms with Gasteiger partial charge in [0, 0.05) is 31.5 Å². The lowest BCUT2D eigenvalue weighted by Crippen LogP contribution is -2.32. The van der Waals surface area contributed by atoms with Gasteiger partial charge in [0.05, 0.1) is 19.3 Å². The Labute approximate surface area is 174 Å². The Morgan fingerprint density at radius 3 is 2.80 bits per heavy atom. The predicted molar refractivity (Wildman–Crippen MR) is 111 cm³/mol. The monoisotopic (exact) mass is 410 g/mol. The van der Waals surface area contributed by atoms with Crippen molar-refractivity contribution >= 4 is 11.6 Å². The van der Waals surface area contributed by atoms with E-state index in [1.165, 1.54) is 0 Å². The van der Waals surface area contributed by atoms with Crippen LogP contribution in [0.3, 0.4) is 0 Å². The van der Waals surface area contributed by atoms with Gasteiger partial charge in [0.15, 0.2) is 22.8 Å². The van der Waals surface area contributed by atoms with Gasteiger partial charge in [-0.15, -0.1) is 0 Å². The van der Waals surface area contributed by atoms with Crippen LogP contribution >= 0.6 is 0 Å². The summed E-state index contributed by atoms with van der Waals surface area (Å²) in [5.74, 6) is 1.33. The molecule has 0 radical (unpaired) electrons. The number of carbonyl (C=O) groups excluding carboxylic acids is 1. The number of aromatic nitrogens is 3. The number of nitrogens with one attached hydrogen (secondary N) is 1. The Morgan fingerprint density at radius 1 is 1.23 bits per heavy atom. The maximum Gasteiger partial charge on any atom is 0.272 e. The van der Waals surface area contributed by atoms with Crippen LogP contribution < -0.4 is 14.8 Å². The minimum atomic E-state index is -0.269. The highest BCUT2D eigenvalue weighted by atomic mass is 16.5. The molecule has 3 heterocycles. The molecular weight excluding hydrogens is 384 g/mol. The van der Waals surface area contributed by atoms with E-state index in [1.54, 1.807) is 23.0 Å². The SMILES string of the molecule is CC(C)[C@H](NC(=O)c1cc2ncc(CCO)cn2n1)c1ccc2c(c1)OCCCO2. The molecule has 1 atom stereocenters. The fourth-order valence-electron chi connectivity index (χ4n) is 3.51. The molecule has 2 N–H and O–H groups in total. The van der Waals surface area contributed by atoms with E-state index < -0.39 is 0 Å².